The van der Waals surface area contributed by atoms with Crippen LogP contribution in [0.25, 0.3) is 18.2 Å². The molecule has 2 aromatic rings. The number of rotatable bonds is 8. The zero-order valence-corrected chi connectivity index (χ0v) is 20.8. The van der Waals surface area contributed by atoms with Crippen molar-refractivity contribution < 1.29 is 9.59 Å². The fourth-order valence-corrected chi connectivity index (χ4v) is 4.92. The van der Waals surface area contributed by atoms with E-state index in [0.29, 0.717) is 19.6 Å². The van der Waals surface area contributed by atoms with Crippen LogP contribution in [0.15, 0.2) is 54.1 Å². The van der Waals surface area contributed by atoms with E-state index in [1.807, 2.05) is 0 Å². The van der Waals surface area contributed by atoms with Crippen LogP contribution in [0.2, 0.25) is 0 Å². The van der Waals surface area contributed by atoms with Gasteiger partial charge in [-0.05, 0) is 54.9 Å². The van der Waals surface area contributed by atoms with Crippen LogP contribution in [0.5, 0.6) is 0 Å². The first kappa shape index (κ1) is 24.9. The van der Waals surface area contributed by atoms with Gasteiger partial charge in [-0.15, -0.1) is 0 Å². The molecule has 2 aliphatic rings. The summed E-state index contributed by atoms with van der Waals surface area (Å²) >= 11 is 0. The Morgan fingerprint density at radius 3 is 2.23 bits per heavy atom. The summed E-state index contributed by atoms with van der Waals surface area (Å²) in [7, 11) is 0. The van der Waals surface area contributed by atoms with Crippen molar-refractivity contribution in [2.24, 2.45) is 5.92 Å². The maximum Gasteiger partial charge on any atom is 0.223 e. The summed E-state index contributed by atoms with van der Waals surface area (Å²) in [6.45, 7) is 7.16. The van der Waals surface area contributed by atoms with Crippen LogP contribution < -0.4 is 5.32 Å². The van der Waals surface area contributed by atoms with E-state index in [1.165, 1.54) is 27.8 Å². The second kappa shape index (κ2) is 12.5. The SMILES string of the molecule is Cc1ccccc1/C=C\c1ccccc1C=C1CCN(CCNC(=O)C2CCN(C=O)CC2)CC1. The maximum absolute atomic E-state index is 12.4. The number of aryl methyl sites for hydroxylation is 1. The molecule has 0 aromatic heterocycles. The molecule has 0 radical (unpaired) electrons. The van der Waals surface area contributed by atoms with E-state index in [2.05, 4.69) is 83.9 Å². The first-order valence-corrected chi connectivity index (χ1v) is 12.8. The van der Waals surface area contributed by atoms with Crippen molar-refractivity contribution in [2.45, 2.75) is 32.6 Å². The van der Waals surface area contributed by atoms with E-state index < -0.39 is 0 Å². The minimum Gasteiger partial charge on any atom is -0.355 e. The smallest absolute Gasteiger partial charge is 0.223 e. The van der Waals surface area contributed by atoms with Crippen molar-refractivity contribution >= 4 is 30.5 Å². The van der Waals surface area contributed by atoms with Crippen molar-refractivity contribution in [1.82, 2.24) is 15.1 Å². The third-order valence-corrected chi connectivity index (χ3v) is 7.26. The number of piperidine rings is 2. The van der Waals surface area contributed by atoms with Crippen LogP contribution in [0.4, 0.5) is 0 Å². The van der Waals surface area contributed by atoms with Crippen LogP contribution in [-0.2, 0) is 9.59 Å². The Labute approximate surface area is 209 Å². The summed E-state index contributed by atoms with van der Waals surface area (Å²) in [6.07, 6.45) is 11.3. The topological polar surface area (TPSA) is 52.7 Å². The van der Waals surface area contributed by atoms with Crippen LogP contribution in [0.3, 0.4) is 0 Å². The van der Waals surface area contributed by atoms with Gasteiger partial charge in [0.05, 0.1) is 0 Å². The van der Waals surface area contributed by atoms with Crippen molar-refractivity contribution in [3.05, 3.63) is 76.4 Å². The first-order chi connectivity index (χ1) is 17.1. The molecule has 0 spiro atoms. The van der Waals surface area contributed by atoms with Gasteiger partial charge in [0, 0.05) is 45.2 Å². The van der Waals surface area contributed by atoms with Gasteiger partial charge in [-0.3, -0.25) is 9.59 Å². The Morgan fingerprint density at radius 2 is 1.54 bits per heavy atom. The molecular weight excluding hydrogens is 434 g/mol. The molecule has 4 rings (SSSR count). The zero-order chi connectivity index (χ0) is 24.5. The molecule has 2 aliphatic heterocycles. The lowest BCUT2D eigenvalue weighted by Gasteiger charge is -2.30. The number of hydrogen-bond donors (Lipinski definition) is 1. The Bertz CT molecular complexity index is 1060. The molecule has 1 N–H and O–H groups in total. The number of carbonyl (C=O) groups excluding carboxylic acids is 2. The van der Waals surface area contributed by atoms with E-state index in [9.17, 15) is 9.59 Å². The molecular formula is C30H37N3O2. The summed E-state index contributed by atoms with van der Waals surface area (Å²) in [4.78, 5) is 27.5. The fourth-order valence-electron chi connectivity index (χ4n) is 4.92. The highest BCUT2D eigenvalue weighted by Crippen LogP contribution is 2.23. The van der Waals surface area contributed by atoms with E-state index >= 15 is 0 Å². The molecule has 0 aliphatic carbocycles. The Morgan fingerprint density at radius 1 is 0.914 bits per heavy atom. The monoisotopic (exact) mass is 471 g/mol. The highest BCUT2D eigenvalue weighted by Gasteiger charge is 2.24. The van der Waals surface area contributed by atoms with Gasteiger partial charge in [0.25, 0.3) is 0 Å². The van der Waals surface area contributed by atoms with Crippen molar-refractivity contribution in [1.29, 1.82) is 0 Å². The summed E-state index contributed by atoms with van der Waals surface area (Å²) in [5.41, 5.74) is 6.54. The Kier molecular flexibility index (Phi) is 8.90. The van der Waals surface area contributed by atoms with E-state index in [1.54, 1.807) is 4.90 Å². The van der Waals surface area contributed by atoms with E-state index in [4.69, 9.17) is 0 Å². The highest BCUT2D eigenvalue weighted by atomic mass is 16.2. The first-order valence-electron chi connectivity index (χ1n) is 12.8. The zero-order valence-electron chi connectivity index (χ0n) is 20.8. The molecule has 2 saturated heterocycles. The van der Waals surface area contributed by atoms with Gasteiger partial charge in [0.1, 0.15) is 0 Å². The standard InChI is InChI=1S/C30H37N3O2/c1-24-6-2-3-7-26(24)10-11-27-8-4-5-9-29(27)22-25-12-17-32(18-13-25)21-16-31-30(35)28-14-19-33(23-34)20-15-28/h2-11,22-23,28H,12-21H2,1H3,(H,31,35)/b11-10-. The molecule has 2 heterocycles. The van der Waals surface area contributed by atoms with Gasteiger partial charge in [-0.1, -0.05) is 72.3 Å². The fraction of sp³-hybridized carbons (Fsp3) is 0.400. The Balaban J connectivity index is 1.24. The lowest BCUT2D eigenvalue weighted by atomic mass is 9.96. The molecule has 35 heavy (non-hydrogen) atoms. The van der Waals surface area contributed by atoms with Gasteiger partial charge in [-0.25, -0.2) is 0 Å². The summed E-state index contributed by atoms with van der Waals surface area (Å²) in [5, 5.41) is 3.11. The van der Waals surface area contributed by atoms with Crippen molar-refractivity contribution in [2.75, 3.05) is 39.3 Å². The lowest BCUT2D eigenvalue weighted by molar-refractivity contribution is -0.128. The minimum absolute atomic E-state index is 0.0435. The summed E-state index contributed by atoms with van der Waals surface area (Å²) < 4.78 is 0. The number of likely N-dealkylation sites (tertiary alicyclic amines) is 2. The highest BCUT2D eigenvalue weighted by molar-refractivity contribution is 5.79. The maximum atomic E-state index is 12.4. The van der Waals surface area contributed by atoms with Gasteiger partial charge >= 0.3 is 0 Å². The molecule has 2 fully saturated rings. The molecule has 184 valence electrons. The second-order valence-electron chi connectivity index (χ2n) is 9.67. The van der Waals surface area contributed by atoms with Crippen LogP contribution in [-0.4, -0.2) is 61.4 Å². The predicted octanol–water partition coefficient (Wildman–Crippen LogP) is 4.63. The van der Waals surface area contributed by atoms with Crippen molar-refractivity contribution in [3.63, 3.8) is 0 Å². The van der Waals surface area contributed by atoms with Crippen LogP contribution >= 0.6 is 0 Å². The van der Waals surface area contributed by atoms with Gasteiger partial charge in [0.2, 0.25) is 12.3 Å². The second-order valence-corrected chi connectivity index (χ2v) is 9.67. The summed E-state index contributed by atoms with van der Waals surface area (Å²) in [5.74, 6) is 0.186. The number of nitrogens with one attached hydrogen (secondary N) is 1. The van der Waals surface area contributed by atoms with Crippen LogP contribution in [0.1, 0.15) is 47.9 Å². The predicted molar refractivity (Wildman–Crippen MR) is 144 cm³/mol. The molecule has 0 atom stereocenters. The normalized spacial score (nSPS) is 17.5. The third-order valence-electron chi connectivity index (χ3n) is 7.26. The molecule has 0 bridgehead atoms. The van der Waals surface area contributed by atoms with Crippen molar-refractivity contribution in [3.8, 4) is 0 Å². The largest absolute Gasteiger partial charge is 0.355 e. The quantitative estimate of drug-likeness (QED) is 0.451. The molecule has 5 nitrogen and oxygen atoms in total. The average Bonchev–Trinajstić information content (AvgIpc) is 2.90. The number of hydrogen-bond acceptors (Lipinski definition) is 3. The van der Waals surface area contributed by atoms with E-state index in [-0.39, 0.29) is 11.8 Å². The number of amides is 2. The van der Waals surface area contributed by atoms with Gasteiger partial charge in [0.15, 0.2) is 0 Å². The summed E-state index contributed by atoms with van der Waals surface area (Å²) in [6, 6.07) is 17.0. The average molecular weight is 472 g/mol. The third kappa shape index (κ3) is 7.15. The molecule has 0 saturated carbocycles. The Hall–Kier alpha value is -3.18. The molecule has 0 unspecified atom stereocenters. The number of carbonyl (C=O) groups is 2. The molecule has 2 aromatic carbocycles. The van der Waals surface area contributed by atoms with Gasteiger partial charge in [-0.2, -0.15) is 0 Å². The number of benzene rings is 2. The molecule has 2 amide bonds. The van der Waals surface area contributed by atoms with E-state index in [0.717, 1.165) is 51.7 Å². The lowest BCUT2D eigenvalue weighted by Crippen LogP contribution is -2.43. The van der Waals surface area contributed by atoms with Gasteiger partial charge < -0.3 is 15.1 Å². The van der Waals surface area contributed by atoms with Crippen LogP contribution in [0, 0.1) is 12.8 Å². The molecule has 5 heteroatoms. The number of nitrogens with zero attached hydrogens (tertiary/aromatic N) is 2. The minimum atomic E-state index is 0.0435.